The van der Waals surface area contributed by atoms with Gasteiger partial charge in [-0.3, -0.25) is 0 Å². The van der Waals surface area contributed by atoms with Crippen LogP contribution in [0.25, 0.3) is 5.57 Å². The first-order valence-electron chi connectivity index (χ1n) is 10.1. The topological polar surface area (TPSA) is 18.5 Å². The molecule has 2 aromatic carbocycles. The van der Waals surface area contributed by atoms with Crippen LogP contribution in [0.3, 0.4) is 0 Å². The molecule has 2 nitrogen and oxygen atoms in total. The number of benzene rings is 2. The van der Waals surface area contributed by atoms with Crippen molar-refractivity contribution in [3.05, 3.63) is 70.8 Å². The smallest absolute Gasteiger partial charge is 0.200 e. The summed E-state index contributed by atoms with van der Waals surface area (Å²) in [7, 11) is 0. The summed E-state index contributed by atoms with van der Waals surface area (Å²) in [5.74, 6) is -1.74. The molecule has 1 unspecified atom stereocenters. The van der Waals surface area contributed by atoms with Gasteiger partial charge in [0.25, 0.3) is 0 Å². The van der Waals surface area contributed by atoms with Crippen LogP contribution in [0.2, 0.25) is 0 Å². The lowest BCUT2D eigenvalue weighted by molar-refractivity contribution is 0.0661. The van der Waals surface area contributed by atoms with Gasteiger partial charge in [0, 0.05) is 0 Å². The first kappa shape index (κ1) is 20.5. The molecule has 0 saturated heterocycles. The molecular weight excluding hydrogens is 358 g/mol. The van der Waals surface area contributed by atoms with E-state index in [0.29, 0.717) is 37.7 Å². The number of ether oxygens (including phenoxy) is 2. The molecule has 0 bridgehead atoms. The minimum atomic E-state index is -0.902. The van der Waals surface area contributed by atoms with Gasteiger partial charge >= 0.3 is 0 Å². The van der Waals surface area contributed by atoms with E-state index in [2.05, 4.69) is 37.3 Å². The molecule has 0 aromatic heterocycles. The van der Waals surface area contributed by atoms with Gasteiger partial charge in [0.1, 0.15) is 0 Å². The fourth-order valence-corrected chi connectivity index (χ4v) is 3.53. The van der Waals surface area contributed by atoms with E-state index >= 15 is 0 Å². The summed E-state index contributed by atoms with van der Waals surface area (Å²) < 4.78 is 39.2. The van der Waals surface area contributed by atoms with Crippen LogP contribution in [0.4, 0.5) is 8.78 Å². The SMILES string of the molecule is CCCC1CC=C(c2ccc(CCc3ccc(OCC)c(F)c3F)cc2)CO1. The summed E-state index contributed by atoms with van der Waals surface area (Å²) >= 11 is 0. The lowest BCUT2D eigenvalue weighted by Crippen LogP contribution is -2.17. The van der Waals surface area contributed by atoms with E-state index in [9.17, 15) is 8.78 Å². The van der Waals surface area contributed by atoms with E-state index in [0.717, 1.165) is 30.4 Å². The molecule has 4 heteroatoms. The zero-order valence-corrected chi connectivity index (χ0v) is 16.6. The molecule has 1 aliphatic heterocycles. The Labute approximate surface area is 166 Å². The zero-order valence-electron chi connectivity index (χ0n) is 16.6. The van der Waals surface area contributed by atoms with Crippen LogP contribution in [0.1, 0.15) is 49.8 Å². The van der Waals surface area contributed by atoms with Crippen LogP contribution in [0.15, 0.2) is 42.5 Å². The number of aryl methyl sites for hydroxylation is 2. The third-order valence-electron chi connectivity index (χ3n) is 5.15. The third-order valence-corrected chi connectivity index (χ3v) is 5.15. The highest BCUT2D eigenvalue weighted by molar-refractivity contribution is 5.67. The predicted octanol–water partition coefficient (Wildman–Crippen LogP) is 6.12. The van der Waals surface area contributed by atoms with Gasteiger partial charge in [0.05, 0.1) is 19.3 Å². The second kappa shape index (κ2) is 9.83. The fraction of sp³-hybridized carbons (Fsp3) is 0.417. The van der Waals surface area contributed by atoms with Crippen molar-refractivity contribution in [1.29, 1.82) is 0 Å². The Morgan fingerprint density at radius 1 is 1.00 bits per heavy atom. The Morgan fingerprint density at radius 2 is 1.79 bits per heavy atom. The fourth-order valence-electron chi connectivity index (χ4n) is 3.53. The molecule has 3 rings (SSSR count). The predicted molar refractivity (Wildman–Crippen MR) is 109 cm³/mol. The maximum Gasteiger partial charge on any atom is 0.200 e. The molecular formula is C24H28F2O2. The average molecular weight is 386 g/mol. The first-order valence-corrected chi connectivity index (χ1v) is 10.1. The number of hydrogen-bond acceptors (Lipinski definition) is 2. The maximum atomic E-state index is 14.2. The van der Waals surface area contributed by atoms with E-state index in [1.807, 2.05) is 0 Å². The maximum absolute atomic E-state index is 14.2. The van der Waals surface area contributed by atoms with Gasteiger partial charge in [0.15, 0.2) is 11.6 Å². The van der Waals surface area contributed by atoms with Gasteiger partial charge in [0.2, 0.25) is 5.82 Å². The zero-order chi connectivity index (χ0) is 19.9. The van der Waals surface area contributed by atoms with Crippen molar-refractivity contribution in [3.63, 3.8) is 0 Å². The van der Waals surface area contributed by atoms with Crippen LogP contribution in [-0.4, -0.2) is 19.3 Å². The van der Waals surface area contributed by atoms with Crippen molar-refractivity contribution < 1.29 is 18.3 Å². The highest BCUT2D eigenvalue weighted by Crippen LogP contribution is 2.26. The standard InChI is InChI=1S/C24H28F2O2/c1-3-5-21-14-12-20(16-28-21)18-9-6-17(7-10-18)8-11-19-13-15-22(27-4-2)24(26)23(19)25/h6-7,9-10,12-13,15,21H,3-5,8,11,14,16H2,1-2H3. The Balaban J connectivity index is 1.60. The van der Waals surface area contributed by atoms with Crippen molar-refractivity contribution in [3.8, 4) is 5.75 Å². The van der Waals surface area contributed by atoms with Gasteiger partial charge in [-0.25, -0.2) is 4.39 Å². The molecule has 1 heterocycles. The Bertz CT molecular complexity index is 812. The van der Waals surface area contributed by atoms with Crippen LogP contribution >= 0.6 is 0 Å². The minimum absolute atomic E-state index is 0.0303. The number of rotatable bonds is 8. The number of halogens is 2. The molecule has 0 aliphatic carbocycles. The molecule has 28 heavy (non-hydrogen) atoms. The summed E-state index contributed by atoms with van der Waals surface area (Å²) in [4.78, 5) is 0. The van der Waals surface area contributed by atoms with Crippen molar-refractivity contribution in [1.82, 2.24) is 0 Å². The van der Waals surface area contributed by atoms with Crippen LogP contribution < -0.4 is 4.74 Å². The second-order valence-electron chi connectivity index (χ2n) is 7.17. The van der Waals surface area contributed by atoms with Gasteiger partial charge < -0.3 is 9.47 Å². The molecule has 2 aromatic rings. The van der Waals surface area contributed by atoms with E-state index in [1.165, 1.54) is 11.6 Å². The van der Waals surface area contributed by atoms with Crippen LogP contribution in [-0.2, 0) is 17.6 Å². The molecule has 0 fully saturated rings. The molecule has 0 saturated carbocycles. The summed E-state index contributed by atoms with van der Waals surface area (Å²) in [6, 6.07) is 11.4. The Hall–Kier alpha value is -2.20. The van der Waals surface area contributed by atoms with Gasteiger partial charge in [-0.2, -0.15) is 4.39 Å². The van der Waals surface area contributed by atoms with Crippen LogP contribution in [0, 0.1) is 11.6 Å². The van der Waals surface area contributed by atoms with Crippen molar-refractivity contribution in [2.24, 2.45) is 0 Å². The lowest BCUT2D eigenvalue weighted by Gasteiger charge is -2.22. The lowest BCUT2D eigenvalue weighted by atomic mass is 9.97. The van der Waals surface area contributed by atoms with E-state index in [4.69, 9.17) is 9.47 Å². The minimum Gasteiger partial charge on any atom is -0.491 e. The van der Waals surface area contributed by atoms with Crippen molar-refractivity contribution >= 4 is 5.57 Å². The van der Waals surface area contributed by atoms with Crippen molar-refractivity contribution in [2.45, 2.75) is 52.1 Å². The van der Waals surface area contributed by atoms with Crippen LogP contribution in [0.5, 0.6) is 5.75 Å². The Kier molecular flexibility index (Phi) is 7.21. The van der Waals surface area contributed by atoms with E-state index in [-0.39, 0.29) is 5.75 Å². The van der Waals surface area contributed by atoms with Gasteiger partial charge in [-0.15, -0.1) is 0 Å². The highest BCUT2D eigenvalue weighted by atomic mass is 19.2. The monoisotopic (exact) mass is 386 g/mol. The number of hydrogen-bond donors (Lipinski definition) is 0. The summed E-state index contributed by atoms with van der Waals surface area (Å²) in [5, 5.41) is 0. The molecule has 1 aliphatic rings. The molecule has 0 spiro atoms. The van der Waals surface area contributed by atoms with Gasteiger partial charge in [-0.1, -0.05) is 49.8 Å². The summed E-state index contributed by atoms with van der Waals surface area (Å²) in [5.41, 5.74) is 3.85. The largest absolute Gasteiger partial charge is 0.491 e. The average Bonchev–Trinajstić information content (AvgIpc) is 2.72. The second-order valence-corrected chi connectivity index (χ2v) is 7.17. The Morgan fingerprint density at radius 3 is 2.43 bits per heavy atom. The normalized spacial score (nSPS) is 16.7. The highest BCUT2D eigenvalue weighted by Gasteiger charge is 2.16. The first-order chi connectivity index (χ1) is 13.6. The van der Waals surface area contributed by atoms with E-state index in [1.54, 1.807) is 13.0 Å². The third kappa shape index (κ3) is 4.99. The summed E-state index contributed by atoms with van der Waals surface area (Å²) in [6.45, 7) is 4.88. The molecule has 1 atom stereocenters. The molecule has 0 N–H and O–H groups in total. The van der Waals surface area contributed by atoms with Gasteiger partial charge in [-0.05, 0) is 60.9 Å². The van der Waals surface area contributed by atoms with E-state index < -0.39 is 11.6 Å². The quantitative estimate of drug-likeness (QED) is 0.544. The van der Waals surface area contributed by atoms with Crippen molar-refractivity contribution in [2.75, 3.05) is 13.2 Å². The molecule has 0 radical (unpaired) electrons. The summed E-state index contributed by atoms with van der Waals surface area (Å²) in [6.07, 6.45) is 6.92. The molecule has 0 amide bonds. The molecule has 150 valence electrons.